The van der Waals surface area contributed by atoms with E-state index in [0.717, 1.165) is 4.31 Å². The third-order valence-corrected chi connectivity index (χ3v) is 9.33. The van der Waals surface area contributed by atoms with E-state index in [2.05, 4.69) is 5.32 Å². The van der Waals surface area contributed by atoms with Crippen LogP contribution in [-0.2, 0) is 26.2 Å². The smallest absolute Gasteiger partial charge is 0.265 e. The van der Waals surface area contributed by atoms with Crippen molar-refractivity contribution < 1.29 is 32.2 Å². The second-order valence-corrected chi connectivity index (χ2v) is 12.3. The van der Waals surface area contributed by atoms with E-state index in [9.17, 15) is 18.0 Å². The Balaban J connectivity index is 2.18. The first-order valence-electron chi connectivity index (χ1n) is 12.9. The normalized spacial score (nSPS) is 11.8. The predicted octanol–water partition coefficient (Wildman–Crippen LogP) is 5.42. The number of likely N-dealkylation sites (N-methyl/N-ethyl adjacent to an activating group) is 1. The second-order valence-electron chi connectivity index (χ2n) is 9.15. The van der Waals surface area contributed by atoms with Crippen LogP contribution in [-0.4, -0.2) is 66.1 Å². The number of halogens is 3. The quantitative estimate of drug-likeness (QED) is 0.258. The topological polar surface area (TPSA) is 114 Å². The number of benzene rings is 3. The fourth-order valence-corrected chi connectivity index (χ4v) is 6.32. The molecule has 10 nitrogen and oxygen atoms in total. The minimum absolute atomic E-state index is 0.0145. The maximum atomic E-state index is 14.3. The van der Waals surface area contributed by atoms with Crippen LogP contribution in [0.15, 0.2) is 59.5 Å². The number of sulfonamides is 1. The van der Waals surface area contributed by atoms with Crippen LogP contribution in [0.1, 0.15) is 18.9 Å². The zero-order chi connectivity index (χ0) is 31.9. The van der Waals surface area contributed by atoms with Gasteiger partial charge in [0.25, 0.3) is 10.0 Å². The summed E-state index contributed by atoms with van der Waals surface area (Å²) in [6.45, 7) is 0.980. The molecule has 0 radical (unpaired) electrons. The lowest BCUT2D eigenvalue weighted by Crippen LogP contribution is -2.51. The summed E-state index contributed by atoms with van der Waals surface area (Å²) in [6, 6.07) is 12.4. The van der Waals surface area contributed by atoms with Gasteiger partial charge in [0.05, 0.1) is 42.0 Å². The van der Waals surface area contributed by atoms with Gasteiger partial charge in [-0.3, -0.25) is 13.9 Å². The fourth-order valence-electron chi connectivity index (χ4n) is 4.40. The Morgan fingerprint density at radius 3 is 2.09 bits per heavy atom. The number of hydrogen-bond acceptors (Lipinski definition) is 7. The molecule has 3 rings (SSSR count). The zero-order valence-corrected chi connectivity index (χ0v) is 27.3. The average Bonchev–Trinajstić information content (AvgIpc) is 3.00. The van der Waals surface area contributed by atoms with Gasteiger partial charge in [-0.25, -0.2) is 8.42 Å². The molecule has 0 bridgehead atoms. The molecule has 0 saturated heterocycles. The number of nitrogens with zero attached hydrogens (tertiary/aromatic N) is 2. The molecule has 0 fully saturated rings. The molecule has 0 aliphatic heterocycles. The van der Waals surface area contributed by atoms with Crippen LogP contribution < -0.4 is 23.8 Å². The SMILES string of the molecule is CCC(C(=O)NC)N(Cc1ccc(Cl)c(Cl)c1)C(=O)CN(c1cc(Cl)ccc1OC)S(=O)(=O)c1ccc(OC)c(OC)c1. The largest absolute Gasteiger partial charge is 0.495 e. The molecule has 0 aromatic heterocycles. The van der Waals surface area contributed by atoms with Gasteiger partial charge in [-0.05, 0) is 54.4 Å². The van der Waals surface area contributed by atoms with E-state index >= 15 is 0 Å². The minimum Gasteiger partial charge on any atom is -0.495 e. The lowest BCUT2D eigenvalue weighted by Gasteiger charge is -2.33. The highest BCUT2D eigenvalue weighted by Crippen LogP contribution is 2.37. The maximum Gasteiger partial charge on any atom is 0.265 e. The van der Waals surface area contributed by atoms with Crippen molar-refractivity contribution in [2.45, 2.75) is 30.8 Å². The molecule has 3 aromatic rings. The van der Waals surface area contributed by atoms with Gasteiger partial charge in [0.1, 0.15) is 18.3 Å². The highest BCUT2D eigenvalue weighted by molar-refractivity contribution is 7.92. The van der Waals surface area contributed by atoms with Crippen LogP contribution in [0, 0.1) is 0 Å². The van der Waals surface area contributed by atoms with Crippen LogP contribution >= 0.6 is 34.8 Å². The predicted molar refractivity (Wildman–Crippen MR) is 167 cm³/mol. The van der Waals surface area contributed by atoms with Gasteiger partial charge in [-0.15, -0.1) is 0 Å². The van der Waals surface area contributed by atoms with Crippen molar-refractivity contribution in [3.8, 4) is 17.2 Å². The molecule has 0 aliphatic rings. The van der Waals surface area contributed by atoms with E-state index < -0.39 is 34.4 Å². The van der Waals surface area contributed by atoms with Crippen LogP contribution in [0.25, 0.3) is 0 Å². The number of methoxy groups -OCH3 is 3. The summed E-state index contributed by atoms with van der Waals surface area (Å²) in [5.41, 5.74) is 0.598. The number of nitrogens with one attached hydrogen (secondary N) is 1. The Bertz CT molecular complexity index is 1590. The number of rotatable bonds is 13. The minimum atomic E-state index is -4.46. The number of ether oxygens (including phenoxy) is 3. The van der Waals surface area contributed by atoms with E-state index in [1.54, 1.807) is 25.1 Å². The monoisotopic (exact) mass is 671 g/mol. The highest BCUT2D eigenvalue weighted by atomic mass is 35.5. The van der Waals surface area contributed by atoms with E-state index in [1.807, 2.05) is 0 Å². The Kier molecular flexibility index (Phi) is 11.8. The number of carbonyl (C=O) groups is 2. The standard InChI is InChI=1S/C29H32Cl3N3O7S/c1-6-23(29(37)33-2)34(16-18-7-10-21(31)22(32)13-18)28(36)17-35(24-14-19(30)8-11-25(24)40-3)43(38,39)20-9-12-26(41-4)27(15-20)42-5/h7-15,23H,6,16-17H2,1-5H3,(H,33,37). The maximum absolute atomic E-state index is 14.3. The summed E-state index contributed by atoms with van der Waals surface area (Å²) in [4.78, 5) is 28.2. The van der Waals surface area contributed by atoms with Crippen molar-refractivity contribution in [3.63, 3.8) is 0 Å². The Labute approximate surface area is 266 Å². The highest BCUT2D eigenvalue weighted by Gasteiger charge is 2.35. The van der Waals surface area contributed by atoms with Crippen molar-refractivity contribution >= 4 is 62.3 Å². The number of amides is 2. The lowest BCUT2D eigenvalue weighted by atomic mass is 10.1. The van der Waals surface area contributed by atoms with Crippen molar-refractivity contribution in [1.29, 1.82) is 0 Å². The molecule has 0 spiro atoms. The van der Waals surface area contributed by atoms with E-state index in [4.69, 9.17) is 49.0 Å². The van der Waals surface area contributed by atoms with Gasteiger partial charge in [0, 0.05) is 24.7 Å². The summed E-state index contributed by atoms with van der Waals surface area (Å²) in [5.74, 6) is -0.470. The summed E-state index contributed by atoms with van der Waals surface area (Å²) < 4.78 is 45.4. The molecule has 43 heavy (non-hydrogen) atoms. The fraction of sp³-hybridized carbons (Fsp3) is 0.310. The molecule has 1 N–H and O–H groups in total. The third-order valence-electron chi connectivity index (χ3n) is 6.60. The first-order valence-corrected chi connectivity index (χ1v) is 15.5. The van der Waals surface area contributed by atoms with Crippen molar-refractivity contribution in [2.75, 3.05) is 39.2 Å². The zero-order valence-electron chi connectivity index (χ0n) is 24.2. The molecule has 0 heterocycles. The summed E-state index contributed by atoms with van der Waals surface area (Å²) in [6.07, 6.45) is 0.246. The van der Waals surface area contributed by atoms with E-state index in [0.29, 0.717) is 16.3 Å². The van der Waals surface area contributed by atoms with Gasteiger partial charge >= 0.3 is 0 Å². The van der Waals surface area contributed by atoms with Gasteiger partial charge in [0.2, 0.25) is 11.8 Å². The van der Waals surface area contributed by atoms with Crippen LogP contribution in [0.3, 0.4) is 0 Å². The second kappa shape index (κ2) is 14.9. The first kappa shape index (κ1) is 34.1. The van der Waals surface area contributed by atoms with Gasteiger partial charge in [0.15, 0.2) is 11.5 Å². The molecular formula is C29H32Cl3N3O7S. The molecular weight excluding hydrogens is 641 g/mol. The van der Waals surface area contributed by atoms with Crippen LogP contribution in [0.2, 0.25) is 15.1 Å². The average molecular weight is 673 g/mol. The summed E-state index contributed by atoms with van der Waals surface area (Å²) >= 11 is 18.6. The molecule has 232 valence electrons. The summed E-state index contributed by atoms with van der Waals surface area (Å²) in [7, 11) is 1.16. The van der Waals surface area contributed by atoms with Crippen molar-refractivity contribution in [2.24, 2.45) is 0 Å². The number of anilines is 1. The Morgan fingerprint density at radius 2 is 1.51 bits per heavy atom. The van der Waals surface area contributed by atoms with Crippen molar-refractivity contribution in [3.05, 3.63) is 75.2 Å². The molecule has 0 aliphatic carbocycles. The third kappa shape index (κ3) is 7.77. The molecule has 0 saturated carbocycles. The van der Waals surface area contributed by atoms with E-state index in [-0.39, 0.29) is 45.1 Å². The Hall–Kier alpha value is -3.38. The molecule has 3 aromatic carbocycles. The lowest BCUT2D eigenvalue weighted by molar-refractivity contribution is -0.140. The van der Waals surface area contributed by atoms with Crippen molar-refractivity contribution in [1.82, 2.24) is 10.2 Å². The first-order chi connectivity index (χ1) is 20.4. The Morgan fingerprint density at radius 1 is 0.860 bits per heavy atom. The van der Waals surface area contributed by atoms with Crippen LogP contribution in [0.5, 0.6) is 17.2 Å². The van der Waals surface area contributed by atoms with E-state index in [1.165, 1.54) is 69.7 Å². The molecule has 2 amide bonds. The van der Waals surface area contributed by atoms with Crippen LogP contribution in [0.4, 0.5) is 5.69 Å². The molecule has 14 heteroatoms. The number of hydrogen-bond donors (Lipinski definition) is 1. The molecule has 1 unspecified atom stereocenters. The van der Waals surface area contributed by atoms with Gasteiger partial charge < -0.3 is 24.4 Å². The summed E-state index contributed by atoms with van der Waals surface area (Å²) in [5, 5.41) is 3.37. The van der Waals surface area contributed by atoms with Gasteiger partial charge in [-0.1, -0.05) is 47.8 Å². The number of carbonyl (C=O) groups excluding carboxylic acids is 2. The molecule has 1 atom stereocenters. The van der Waals surface area contributed by atoms with Gasteiger partial charge in [-0.2, -0.15) is 0 Å².